The number of hydrogen-bond acceptors (Lipinski definition) is 5. The summed E-state index contributed by atoms with van der Waals surface area (Å²) in [4.78, 5) is 10.7. The van der Waals surface area contributed by atoms with E-state index in [4.69, 9.17) is 0 Å². The summed E-state index contributed by atoms with van der Waals surface area (Å²) in [5.74, 6) is 1.13. The van der Waals surface area contributed by atoms with Crippen molar-refractivity contribution in [2.75, 3.05) is 18.0 Å². The van der Waals surface area contributed by atoms with Gasteiger partial charge < -0.3 is 10.0 Å². The van der Waals surface area contributed by atoms with Gasteiger partial charge in [-0.25, -0.2) is 9.37 Å². The lowest BCUT2D eigenvalue weighted by molar-refractivity contribution is 0.00676. The minimum atomic E-state index is -0.977. The van der Waals surface area contributed by atoms with Gasteiger partial charge in [-0.3, -0.25) is 0 Å². The second-order valence-electron chi connectivity index (χ2n) is 6.22. The summed E-state index contributed by atoms with van der Waals surface area (Å²) in [7, 11) is 0. The van der Waals surface area contributed by atoms with E-state index in [9.17, 15) is 9.50 Å². The molecular weight excluding hydrogens is 309 g/mol. The number of aromatic nitrogens is 4. The molecular formula is C17H18FN5O. The molecule has 124 valence electrons. The number of halogens is 1. The van der Waals surface area contributed by atoms with Gasteiger partial charge in [0, 0.05) is 11.8 Å². The summed E-state index contributed by atoms with van der Waals surface area (Å²) >= 11 is 0. The lowest BCUT2D eigenvalue weighted by atomic mass is 9.86. The molecule has 0 atom stereocenters. The van der Waals surface area contributed by atoms with Gasteiger partial charge in [-0.2, -0.15) is 14.6 Å². The van der Waals surface area contributed by atoms with E-state index in [-0.39, 0.29) is 5.82 Å². The highest BCUT2D eigenvalue weighted by molar-refractivity contribution is 5.52. The van der Waals surface area contributed by atoms with E-state index in [1.165, 1.54) is 18.5 Å². The summed E-state index contributed by atoms with van der Waals surface area (Å²) in [6, 6.07) is 8.00. The van der Waals surface area contributed by atoms with Crippen molar-refractivity contribution in [1.29, 1.82) is 0 Å². The topological polar surface area (TPSA) is 66.5 Å². The van der Waals surface area contributed by atoms with Crippen LogP contribution < -0.4 is 4.90 Å². The predicted octanol–water partition coefficient (Wildman–Crippen LogP) is 1.92. The van der Waals surface area contributed by atoms with Gasteiger partial charge in [0.2, 0.25) is 0 Å². The Bertz CT molecular complexity index is 870. The van der Waals surface area contributed by atoms with Gasteiger partial charge >= 0.3 is 0 Å². The molecule has 0 bridgehead atoms. The van der Waals surface area contributed by atoms with Crippen molar-refractivity contribution in [3.63, 3.8) is 0 Å². The molecule has 3 heterocycles. The smallest absolute Gasteiger partial charge is 0.254 e. The Kier molecular flexibility index (Phi) is 3.45. The van der Waals surface area contributed by atoms with Gasteiger partial charge in [0.1, 0.15) is 23.6 Å². The molecule has 1 fully saturated rings. The minimum absolute atomic E-state index is 0.304. The first kappa shape index (κ1) is 15.0. The molecule has 0 amide bonds. The van der Waals surface area contributed by atoms with Crippen molar-refractivity contribution in [3.8, 4) is 0 Å². The van der Waals surface area contributed by atoms with Crippen LogP contribution in [-0.4, -0.2) is 37.8 Å². The zero-order valence-electron chi connectivity index (χ0n) is 13.4. The number of β-amino-alcohol motifs (C(OH)–C–C–N with tert-alkyl or cyclic N) is 1. The SMILES string of the molecule is CCCc1cc(N2CC(O)(c3ccc(F)cc3)C2)n2ncnc2n1. The van der Waals surface area contributed by atoms with Crippen molar-refractivity contribution in [1.82, 2.24) is 19.6 Å². The van der Waals surface area contributed by atoms with Crippen LogP contribution in [0.15, 0.2) is 36.7 Å². The van der Waals surface area contributed by atoms with Gasteiger partial charge in [0.05, 0.1) is 13.1 Å². The fraction of sp³-hybridized carbons (Fsp3) is 0.353. The lowest BCUT2D eigenvalue weighted by Crippen LogP contribution is -2.60. The zero-order chi connectivity index (χ0) is 16.7. The number of benzene rings is 1. The van der Waals surface area contributed by atoms with E-state index < -0.39 is 5.60 Å². The molecule has 1 N–H and O–H groups in total. The summed E-state index contributed by atoms with van der Waals surface area (Å²) in [5, 5.41) is 15.0. The van der Waals surface area contributed by atoms with Crippen LogP contribution in [0.25, 0.3) is 5.78 Å². The van der Waals surface area contributed by atoms with Gasteiger partial charge in [0.25, 0.3) is 5.78 Å². The van der Waals surface area contributed by atoms with Gasteiger partial charge in [-0.1, -0.05) is 25.5 Å². The highest BCUT2D eigenvalue weighted by Gasteiger charge is 2.43. The summed E-state index contributed by atoms with van der Waals surface area (Å²) in [6.07, 6.45) is 3.34. The molecule has 2 aromatic heterocycles. The molecule has 1 aliphatic rings. The van der Waals surface area contributed by atoms with Crippen LogP contribution in [0.5, 0.6) is 0 Å². The normalized spacial score (nSPS) is 16.4. The van der Waals surface area contributed by atoms with Crippen LogP contribution in [0.1, 0.15) is 24.6 Å². The molecule has 4 rings (SSSR count). The standard InChI is InChI=1S/C17H18FN5O/c1-2-3-14-8-15(23-16(21-14)19-11-20-23)22-9-17(24,10-22)12-4-6-13(18)7-5-12/h4-8,11,24H,2-3,9-10H2,1H3. The van der Waals surface area contributed by atoms with Crippen molar-refractivity contribution < 1.29 is 9.50 Å². The average molecular weight is 327 g/mol. The maximum atomic E-state index is 13.1. The largest absolute Gasteiger partial charge is 0.381 e. The summed E-state index contributed by atoms with van der Waals surface area (Å²) in [6.45, 7) is 2.94. The molecule has 6 nitrogen and oxygen atoms in total. The Morgan fingerprint density at radius 1 is 1.25 bits per heavy atom. The van der Waals surface area contributed by atoms with Crippen LogP contribution in [0, 0.1) is 5.82 Å². The van der Waals surface area contributed by atoms with E-state index in [2.05, 4.69) is 22.0 Å². The number of rotatable bonds is 4. The van der Waals surface area contributed by atoms with E-state index in [0.29, 0.717) is 18.9 Å². The fourth-order valence-corrected chi connectivity index (χ4v) is 3.14. The third-order valence-corrected chi connectivity index (χ3v) is 4.40. The molecule has 1 saturated heterocycles. The minimum Gasteiger partial charge on any atom is -0.381 e. The molecule has 1 aliphatic heterocycles. The van der Waals surface area contributed by atoms with Gasteiger partial charge in [-0.05, 0) is 24.1 Å². The van der Waals surface area contributed by atoms with Crippen LogP contribution >= 0.6 is 0 Å². The molecule has 1 aromatic carbocycles. The number of aryl methyl sites for hydroxylation is 1. The Morgan fingerprint density at radius 2 is 2.00 bits per heavy atom. The summed E-state index contributed by atoms with van der Waals surface area (Å²) in [5.41, 5.74) is 0.706. The molecule has 0 saturated carbocycles. The van der Waals surface area contributed by atoms with E-state index >= 15 is 0 Å². The van der Waals surface area contributed by atoms with Crippen molar-refractivity contribution in [3.05, 3.63) is 53.7 Å². The third kappa shape index (κ3) is 2.41. The van der Waals surface area contributed by atoms with Crippen LogP contribution in [0.2, 0.25) is 0 Å². The van der Waals surface area contributed by atoms with Crippen LogP contribution in [-0.2, 0) is 12.0 Å². The average Bonchev–Trinajstić information content (AvgIpc) is 3.00. The molecule has 0 aliphatic carbocycles. The lowest BCUT2D eigenvalue weighted by Gasteiger charge is -2.47. The molecule has 0 spiro atoms. The summed E-state index contributed by atoms with van der Waals surface area (Å²) < 4.78 is 14.8. The molecule has 3 aromatic rings. The van der Waals surface area contributed by atoms with Gasteiger partial charge in [0.15, 0.2) is 0 Å². The Labute approximate surface area is 138 Å². The number of fused-ring (bicyclic) bond motifs is 1. The zero-order valence-corrected chi connectivity index (χ0v) is 13.4. The maximum absolute atomic E-state index is 13.1. The number of nitrogens with zero attached hydrogens (tertiary/aromatic N) is 5. The van der Waals surface area contributed by atoms with Crippen molar-refractivity contribution in [2.45, 2.75) is 25.4 Å². The molecule has 0 radical (unpaired) electrons. The van der Waals surface area contributed by atoms with E-state index in [1.807, 2.05) is 11.0 Å². The first-order valence-electron chi connectivity index (χ1n) is 8.02. The molecule has 24 heavy (non-hydrogen) atoms. The monoisotopic (exact) mass is 327 g/mol. The Balaban J connectivity index is 1.63. The highest BCUT2D eigenvalue weighted by atomic mass is 19.1. The van der Waals surface area contributed by atoms with E-state index in [0.717, 1.165) is 29.9 Å². The van der Waals surface area contributed by atoms with E-state index in [1.54, 1.807) is 16.6 Å². The first-order chi connectivity index (χ1) is 11.6. The Morgan fingerprint density at radius 3 is 2.71 bits per heavy atom. The Hall–Kier alpha value is -2.54. The second kappa shape index (κ2) is 5.52. The molecule has 7 heteroatoms. The van der Waals surface area contributed by atoms with Crippen molar-refractivity contribution >= 4 is 11.6 Å². The second-order valence-corrected chi connectivity index (χ2v) is 6.22. The number of aliphatic hydroxyl groups is 1. The maximum Gasteiger partial charge on any atom is 0.254 e. The van der Waals surface area contributed by atoms with Crippen LogP contribution in [0.3, 0.4) is 0 Å². The predicted molar refractivity (Wildman–Crippen MR) is 87.3 cm³/mol. The quantitative estimate of drug-likeness (QED) is 0.793. The third-order valence-electron chi connectivity index (χ3n) is 4.40. The number of anilines is 1. The first-order valence-corrected chi connectivity index (χ1v) is 8.02. The van der Waals surface area contributed by atoms with Crippen LogP contribution in [0.4, 0.5) is 10.2 Å². The fourth-order valence-electron chi connectivity index (χ4n) is 3.14. The van der Waals surface area contributed by atoms with Crippen molar-refractivity contribution in [2.24, 2.45) is 0 Å². The highest BCUT2D eigenvalue weighted by Crippen LogP contribution is 2.35. The number of hydrogen-bond donors (Lipinski definition) is 1. The van der Waals surface area contributed by atoms with Gasteiger partial charge in [-0.15, -0.1) is 0 Å². The molecule has 0 unspecified atom stereocenters.